The van der Waals surface area contributed by atoms with Crippen molar-refractivity contribution in [2.75, 3.05) is 20.3 Å². The molecule has 1 aliphatic rings. The maximum atomic E-state index is 13.1. The lowest BCUT2D eigenvalue weighted by molar-refractivity contribution is -0.140. The van der Waals surface area contributed by atoms with Gasteiger partial charge in [-0.1, -0.05) is 35.3 Å². The van der Waals surface area contributed by atoms with Crippen LogP contribution >= 0.6 is 23.2 Å². The van der Waals surface area contributed by atoms with Crippen LogP contribution in [0.5, 0.6) is 11.5 Å². The van der Waals surface area contributed by atoms with Crippen LogP contribution in [0.25, 0.3) is 0 Å². The van der Waals surface area contributed by atoms with E-state index in [1.807, 2.05) is 18.2 Å². The smallest absolute Gasteiger partial charge is 0.242 e. The first-order valence-corrected chi connectivity index (χ1v) is 10.5. The molecule has 0 aliphatic carbocycles. The Morgan fingerprint density at radius 3 is 2.43 bits per heavy atom. The van der Waals surface area contributed by atoms with Crippen molar-refractivity contribution in [3.63, 3.8) is 0 Å². The van der Waals surface area contributed by atoms with Crippen molar-refractivity contribution in [3.05, 3.63) is 57.6 Å². The zero-order valence-corrected chi connectivity index (χ0v) is 18.4. The van der Waals surface area contributed by atoms with Crippen molar-refractivity contribution < 1.29 is 19.1 Å². The molecule has 2 aromatic rings. The second-order valence-corrected chi connectivity index (χ2v) is 7.85. The predicted octanol–water partition coefficient (Wildman–Crippen LogP) is 3.86. The number of amides is 2. The molecule has 0 saturated heterocycles. The SMILES string of the molecule is CNC(=O)C(C)N(Cc1ccc(Cl)c(Cl)c1)C(=O)CCc1ccc2c(c1)OCCO2. The number of likely N-dealkylation sites (N-methyl/N-ethyl adjacent to an activating group) is 1. The summed E-state index contributed by atoms with van der Waals surface area (Å²) in [5.41, 5.74) is 1.77. The molecular formula is C22H24Cl2N2O4. The molecule has 160 valence electrons. The second kappa shape index (κ2) is 10.0. The number of ether oxygens (including phenoxy) is 2. The number of aryl methyl sites for hydroxylation is 1. The van der Waals surface area contributed by atoms with Crippen LogP contribution < -0.4 is 14.8 Å². The highest BCUT2D eigenvalue weighted by atomic mass is 35.5. The second-order valence-electron chi connectivity index (χ2n) is 7.04. The van der Waals surface area contributed by atoms with E-state index in [1.54, 1.807) is 37.1 Å². The van der Waals surface area contributed by atoms with Crippen molar-refractivity contribution >= 4 is 35.0 Å². The molecular weight excluding hydrogens is 427 g/mol. The van der Waals surface area contributed by atoms with Gasteiger partial charge in [0.05, 0.1) is 10.0 Å². The molecule has 0 aromatic heterocycles. The van der Waals surface area contributed by atoms with Crippen LogP contribution in [0.15, 0.2) is 36.4 Å². The standard InChI is InChI=1S/C22H24Cl2N2O4/c1-14(22(28)25-2)26(13-16-3-6-17(23)18(24)11-16)21(27)8-5-15-4-7-19-20(12-15)30-10-9-29-19/h3-4,6-7,11-12,14H,5,8-10,13H2,1-2H3,(H,25,28). The Balaban J connectivity index is 1.72. The largest absolute Gasteiger partial charge is 0.486 e. The molecule has 2 amide bonds. The van der Waals surface area contributed by atoms with Gasteiger partial charge in [0.15, 0.2) is 11.5 Å². The Bertz CT molecular complexity index is 935. The zero-order chi connectivity index (χ0) is 21.7. The lowest BCUT2D eigenvalue weighted by atomic mass is 10.1. The highest BCUT2D eigenvalue weighted by Gasteiger charge is 2.25. The van der Waals surface area contributed by atoms with E-state index in [1.165, 1.54) is 0 Å². The van der Waals surface area contributed by atoms with Gasteiger partial charge in [0.25, 0.3) is 0 Å². The molecule has 0 saturated carbocycles. The fourth-order valence-corrected chi connectivity index (χ4v) is 3.59. The van der Waals surface area contributed by atoms with Crippen molar-refractivity contribution in [2.24, 2.45) is 0 Å². The number of halogens is 2. The van der Waals surface area contributed by atoms with Gasteiger partial charge in [-0.15, -0.1) is 0 Å². The summed E-state index contributed by atoms with van der Waals surface area (Å²) >= 11 is 12.1. The molecule has 6 nitrogen and oxygen atoms in total. The summed E-state index contributed by atoms with van der Waals surface area (Å²) in [4.78, 5) is 26.8. The highest BCUT2D eigenvalue weighted by Crippen LogP contribution is 2.31. The van der Waals surface area contributed by atoms with Gasteiger partial charge in [0.2, 0.25) is 11.8 Å². The van der Waals surface area contributed by atoms with Crippen LogP contribution in [0.1, 0.15) is 24.5 Å². The molecule has 1 unspecified atom stereocenters. The van der Waals surface area contributed by atoms with E-state index in [2.05, 4.69) is 5.32 Å². The van der Waals surface area contributed by atoms with E-state index < -0.39 is 6.04 Å². The molecule has 1 atom stereocenters. The van der Waals surface area contributed by atoms with Crippen molar-refractivity contribution in [2.45, 2.75) is 32.4 Å². The maximum absolute atomic E-state index is 13.1. The summed E-state index contributed by atoms with van der Waals surface area (Å²) in [6.45, 7) is 3.01. The number of nitrogens with one attached hydrogen (secondary N) is 1. The number of rotatable bonds is 7. The van der Waals surface area contributed by atoms with Gasteiger partial charge in [-0.05, 0) is 48.7 Å². The predicted molar refractivity (Wildman–Crippen MR) is 116 cm³/mol. The number of carbonyl (C=O) groups excluding carboxylic acids is 2. The van der Waals surface area contributed by atoms with Gasteiger partial charge < -0.3 is 19.7 Å². The fraction of sp³-hybridized carbons (Fsp3) is 0.364. The third-order valence-corrected chi connectivity index (χ3v) is 5.72. The summed E-state index contributed by atoms with van der Waals surface area (Å²) < 4.78 is 11.1. The van der Waals surface area contributed by atoms with Gasteiger partial charge in [-0.2, -0.15) is 0 Å². The normalized spacial score (nSPS) is 13.5. The number of carbonyl (C=O) groups is 2. The minimum Gasteiger partial charge on any atom is -0.486 e. The maximum Gasteiger partial charge on any atom is 0.242 e. The molecule has 1 N–H and O–H groups in total. The first-order chi connectivity index (χ1) is 14.4. The van der Waals surface area contributed by atoms with Crippen molar-refractivity contribution in [1.82, 2.24) is 10.2 Å². The quantitative estimate of drug-likeness (QED) is 0.695. The zero-order valence-electron chi connectivity index (χ0n) is 16.9. The third-order valence-electron chi connectivity index (χ3n) is 4.98. The summed E-state index contributed by atoms with van der Waals surface area (Å²) in [5, 5.41) is 3.45. The van der Waals surface area contributed by atoms with E-state index in [4.69, 9.17) is 32.7 Å². The average Bonchev–Trinajstić information content (AvgIpc) is 2.77. The molecule has 1 aliphatic heterocycles. The van der Waals surface area contributed by atoms with Crippen LogP contribution in [0.4, 0.5) is 0 Å². The molecule has 0 bridgehead atoms. The first-order valence-electron chi connectivity index (χ1n) is 9.72. The van der Waals surface area contributed by atoms with E-state index in [0.717, 1.165) is 11.1 Å². The number of fused-ring (bicyclic) bond motifs is 1. The molecule has 3 rings (SSSR count). The lowest BCUT2D eigenvalue weighted by Crippen LogP contribution is -2.46. The minimum absolute atomic E-state index is 0.132. The third kappa shape index (κ3) is 5.37. The van der Waals surface area contributed by atoms with Gasteiger partial charge >= 0.3 is 0 Å². The summed E-state index contributed by atoms with van der Waals surface area (Å²) in [7, 11) is 1.55. The summed E-state index contributed by atoms with van der Waals surface area (Å²) in [6.07, 6.45) is 0.774. The van der Waals surface area contributed by atoms with Crippen molar-refractivity contribution in [3.8, 4) is 11.5 Å². The number of benzene rings is 2. The van der Waals surface area contributed by atoms with E-state index in [9.17, 15) is 9.59 Å². The molecule has 30 heavy (non-hydrogen) atoms. The molecule has 0 spiro atoms. The van der Waals surface area contributed by atoms with Gasteiger partial charge in [-0.3, -0.25) is 9.59 Å². The van der Waals surface area contributed by atoms with E-state index in [0.29, 0.717) is 41.2 Å². The Hall–Kier alpha value is -2.44. The Labute approximate surface area is 186 Å². The van der Waals surface area contributed by atoms with E-state index >= 15 is 0 Å². The van der Waals surface area contributed by atoms with Gasteiger partial charge in [0, 0.05) is 20.0 Å². The number of hydrogen-bond donors (Lipinski definition) is 1. The van der Waals surface area contributed by atoms with Crippen LogP contribution in [0.2, 0.25) is 10.0 Å². The minimum atomic E-state index is -0.628. The summed E-state index contributed by atoms with van der Waals surface area (Å²) in [6, 6.07) is 10.2. The Morgan fingerprint density at radius 1 is 1.03 bits per heavy atom. The first kappa shape index (κ1) is 22.2. The molecule has 8 heteroatoms. The van der Waals surface area contributed by atoms with Gasteiger partial charge in [0.1, 0.15) is 19.3 Å². The van der Waals surface area contributed by atoms with Gasteiger partial charge in [-0.25, -0.2) is 0 Å². The molecule has 0 fully saturated rings. The van der Waals surface area contributed by atoms with E-state index in [-0.39, 0.29) is 24.8 Å². The molecule has 0 radical (unpaired) electrons. The van der Waals surface area contributed by atoms with Crippen LogP contribution in [-0.4, -0.2) is 43.0 Å². The number of nitrogens with zero attached hydrogens (tertiary/aromatic N) is 1. The average molecular weight is 451 g/mol. The van der Waals surface area contributed by atoms with Crippen LogP contribution in [0.3, 0.4) is 0 Å². The highest BCUT2D eigenvalue weighted by molar-refractivity contribution is 6.42. The summed E-state index contributed by atoms with van der Waals surface area (Å²) in [5.74, 6) is 1.04. The van der Waals surface area contributed by atoms with Crippen LogP contribution in [-0.2, 0) is 22.6 Å². The van der Waals surface area contributed by atoms with Crippen LogP contribution in [0, 0.1) is 0 Å². The fourth-order valence-electron chi connectivity index (χ4n) is 3.26. The van der Waals surface area contributed by atoms with Crippen molar-refractivity contribution in [1.29, 1.82) is 0 Å². The lowest BCUT2D eigenvalue weighted by Gasteiger charge is -2.28. The monoisotopic (exact) mass is 450 g/mol. The number of hydrogen-bond acceptors (Lipinski definition) is 4. The topological polar surface area (TPSA) is 67.9 Å². The molecule has 1 heterocycles. The Morgan fingerprint density at radius 2 is 1.73 bits per heavy atom. The molecule has 2 aromatic carbocycles. The Kier molecular flexibility index (Phi) is 7.45.